The highest BCUT2D eigenvalue weighted by molar-refractivity contribution is 6.38. The monoisotopic (exact) mass is 398 g/mol. The zero-order chi connectivity index (χ0) is 19.9. The molecule has 1 amide bonds. The van der Waals surface area contributed by atoms with Crippen LogP contribution in [0.3, 0.4) is 0 Å². The van der Waals surface area contributed by atoms with Gasteiger partial charge in [0.1, 0.15) is 5.69 Å². The second-order valence-electron chi connectivity index (χ2n) is 5.39. The molecule has 2 aromatic carbocycles. The number of rotatable bonds is 3. The summed E-state index contributed by atoms with van der Waals surface area (Å²) < 4.78 is 47.7. The van der Waals surface area contributed by atoms with Gasteiger partial charge in [-0.3, -0.25) is 4.79 Å². The summed E-state index contributed by atoms with van der Waals surface area (Å²) >= 11 is 6.18. The van der Waals surface area contributed by atoms with E-state index in [9.17, 15) is 22.8 Å². The Bertz CT molecular complexity index is 1150. The van der Waals surface area contributed by atoms with Crippen LogP contribution in [0.25, 0.3) is 10.9 Å². The lowest BCUT2D eigenvalue weighted by Gasteiger charge is -2.14. The molecule has 0 saturated carbocycles. The van der Waals surface area contributed by atoms with Gasteiger partial charge >= 0.3 is 6.09 Å². The number of hydrogen-bond donors (Lipinski definition) is 2. The van der Waals surface area contributed by atoms with Gasteiger partial charge in [0.2, 0.25) is 0 Å². The molecule has 140 valence electrons. The van der Waals surface area contributed by atoms with Gasteiger partial charge in [0, 0.05) is 13.1 Å². The molecule has 3 aromatic rings. The lowest BCUT2D eigenvalue weighted by molar-refractivity contribution is 0.208. The molecule has 27 heavy (non-hydrogen) atoms. The first-order valence-electron chi connectivity index (χ1n) is 7.26. The van der Waals surface area contributed by atoms with Gasteiger partial charge in [0.25, 0.3) is 5.56 Å². The van der Waals surface area contributed by atoms with E-state index in [4.69, 9.17) is 17.3 Å². The topological polar surface area (TPSA) is 99.2 Å². The van der Waals surface area contributed by atoms with Crippen LogP contribution in [0.1, 0.15) is 0 Å². The van der Waals surface area contributed by atoms with Gasteiger partial charge < -0.3 is 20.4 Å². The molecule has 11 heteroatoms. The SMILES string of the molecule is Cn1cnc2ccc(Nc3c(F)c(F)cc(OC(N)=O)c3F)c(Cl)c2c1=O. The van der Waals surface area contributed by atoms with Crippen LogP contribution < -0.4 is 21.3 Å². The fraction of sp³-hybridized carbons (Fsp3) is 0.0625. The Kier molecular flexibility index (Phi) is 4.66. The highest BCUT2D eigenvalue weighted by Crippen LogP contribution is 2.35. The Hall–Kier alpha value is -3.27. The van der Waals surface area contributed by atoms with Crippen LogP contribution in [-0.2, 0) is 7.05 Å². The molecule has 0 aliphatic rings. The number of halogens is 4. The van der Waals surface area contributed by atoms with Gasteiger partial charge in [-0.25, -0.2) is 22.9 Å². The molecule has 0 unspecified atom stereocenters. The van der Waals surface area contributed by atoms with Crippen molar-refractivity contribution >= 4 is 40.0 Å². The number of carbonyl (C=O) groups excluding carboxylic acids is 1. The third kappa shape index (κ3) is 3.26. The second-order valence-corrected chi connectivity index (χ2v) is 5.77. The normalized spacial score (nSPS) is 10.9. The molecule has 0 aliphatic heterocycles. The summed E-state index contributed by atoms with van der Waals surface area (Å²) in [7, 11) is 1.45. The number of nitrogens with zero attached hydrogens (tertiary/aromatic N) is 2. The average Bonchev–Trinajstić information content (AvgIpc) is 2.61. The first kappa shape index (κ1) is 18.5. The van der Waals surface area contributed by atoms with Crippen LogP contribution >= 0.6 is 11.6 Å². The van der Waals surface area contributed by atoms with E-state index in [1.54, 1.807) is 0 Å². The number of fused-ring (bicyclic) bond motifs is 1. The summed E-state index contributed by atoms with van der Waals surface area (Å²) in [6, 6.07) is 3.03. The van der Waals surface area contributed by atoms with Crippen molar-refractivity contribution in [3.63, 3.8) is 0 Å². The molecule has 0 radical (unpaired) electrons. The number of carbonyl (C=O) groups is 1. The van der Waals surface area contributed by atoms with E-state index in [0.717, 1.165) is 0 Å². The van der Waals surface area contributed by atoms with Crippen molar-refractivity contribution in [1.29, 1.82) is 0 Å². The maximum Gasteiger partial charge on any atom is 0.410 e. The number of aryl methyl sites for hydroxylation is 1. The fourth-order valence-corrected chi connectivity index (χ4v) is 2.65. The second kappa shape index (κ2) is 6.80. The Morgan fingerprint density at radius 1 is 1.30 bits per heavy atom. The van der Waals surface area contributed by atoms with Crippen LogP contribution in [0, 0.1) is 17.5 Å². The minimum absolute atomic E-state index is 0.00232. The van der Waals surface area contributed by atoms with Crippen LogP contribution in [-0.4, -0.2) is 15.6 Å². The minimum atomic E-state index is -1.58. The average molecular weight is 399 g/mol. The zero-order valence-corrected chi connectivity index (χ0v) is 14.3. The first-order valence-corrected chi connectivity index (χ1v) is 7.64. The third-order valence-electron chi connectivity index (χ3n) is 3.62. The van der Waals surface area contributed by atoms with E-state index in [0.29, 0.717) is 6.07 Å². The largest absolute Gasteiger partial charge is 0.410 e. The van der Waals surface area contributed by atoms with E-state index in [2.05, 4.69) is 15.0 Å². The van der Waals surface area contributed by atoms with E-state index >= 15 is 0 Å². The van der Waals surface area contributed by atoms with Gasteiger partial charge in [-0.15, -0.1) is 0 Å². The number of anilines is 2. The van der Waals surface area contributed by atoms with E-state index in [-0.39, 0.29) is 21.6 Å². The molecular formula is C16H10ClF3N4O3. The summed E-state index contributed by atoms with van der Waals surface area (Å²) in [5, 5.41) is 2.09. The smallest absolute Gasteiger partial charge is 0.407 e. The number of benzene rings is 2. The molecule has 7 nitrogen and oxygen atoms in total. The van der Waals surface area contributed by atoms with Gasteiger partial charge in [-0.05, 0) is 12.1 Å². The highest BCUT2D eigenvalue weighted by atomic mass is 35.5. The zero-order valence-electron chi connectivity index (χ0n) is 13.5. The number of ether oxygens (including phenoxy) is 1. The van der Waals surface area contributed by atoms with Gasteiger partial charge in [0.15, 0.2) is 23.2 Å². The van der Waals surface area contributed by atoms with Crippen molar-refractivity contribution in [2.75, 3.05) is 5.32 Å². The third-order valence-corrected chi connectivity index (χ3v) is 4.01. The summed E-state index contributed by atoms with van der Waals surface area (Å²) in [4.78, 5) is 27.1. The molecule has 3 rings (SSSR count). The maximum atomic E-state index is 14.4. The van der Waals surface area contributed by atoms with Crippen molar-refractivity contribution in [2.24, 2.45) is 12.8 Å². The van der Waals surface area contributed by atoms with Crippen LogP contribution in [0.2, 0.25) is 5.02 Å². The molecule has 0 bridgehead atoms. The summed E-state index contributed by atoms with van der Waals surface area (Å²) in [5.41, 5.74) is 3.46. The van der Waals surface area contributed by atoms with Crippen molar-refractivity contribution < 1.29 is 22.7 Å². The fourth-order valence-electron chi connectivity index (χ4n) is 2.36. The minimum Gasteiger partial charge on any atom is -0.407 e. The summed E-state index contributed by atoms with van der Waals surface area (Å²) in [5.74, 6) is -5.41. The highest BCUT2D eigenvalue weighted by Gasteiger charge is 2.22. The molecule has 0 atom stereocenters. The number of hydrogen-bond acceptors (Lipinski definition) is 5. The molecule has 0 fully saturated rings. The Labute approximate surface area is 154 Å². The van der Waals surface area contributed by atoms with Crippen molar-refractivity contribution in [3.05, 3.63) is 57.4 Å². The Morgan fingerprint density at radius 3 is 2.67 bits per heavy atom. The number of primary amides is 1. The van der Waals surface area contributed by atoms with Gasteiger partial charge in [0.05, 0.1) is 27.9 Å². The molecule has 1 aromatic heterocycles. The van der Waals surface area contributed by atoms with E-state index in [1.807, 2.05) is 0 Å². The van der Waals surface area contributed by atoms with Crippen molar-refractivity contribution in [1.82, 2.24) is 9.55 Å². The predicted molar refractivity (Wildman–Crippen MR) is 91.8 cm³/mol. The lowest BCUT2D eigenvalue weighted by atomic mass is 10.2. The standard InChI is InChI=1S/C16H10ClF3N4O3/c1-24-5-22-7-2-3-8(11(17)10(7)15(24)25)23-14-12(19)6(18)4-9(13(14)20)27-16(21)26/h2-5,23H,1H3,(H2,21,26). The number of aromatic nitrogens is 2. The first-order chi connectivity index (χ1) is 12.7. The van der Waals surface area contributed by atoms with Crippen molar-refractivity contribution in [3.8, 4) is 5.75 Å². The molecule has 0 spiro atoms. The van der Waals surface area contributed by atoms with Gasteiger partial charge in [-0.2, -0.15) is 0 Å². The molecule has 1 heterocycles. The molecule has 0 saturated heterocycles. The number of amides is 1. The lowest BCUT2D eigenvalue weighted by Crippen LogP contribution is -2.18. The van der Waals surface area contributed by atoms with E-state index in [1.165, 1.54) is 30.1 Å². The number of nitrogens with one attached hydrogen (secondary N) is 1. The molecule has 0 aliphatic carbocycles. The Morgan fingerprint density at radius 2 is 2.00 bits per heavy atom. The maximum absolute atomic E-state index is 14.4. The van der Waals surface area contributed by atoms with Crippen molar-refractivity contribution in [2.45, 2.75) is 0 Å². The van der Waals surface area contributed by atoms with Crippen LogP contribution in [0.15, 0.2) is 29.3 Å². The molecule has 3 N–H and O–H groups in total. The predicted octanol–water partition coefficient (Wildman–Crippen LogP) is 3.21. The number of nitrogens with two attached hydrogens (primary N) is 1. The summed E-state index contributed by atoms with van der Waals surface area (Å²) in [6.45, 7) is 0. The van der Waals surface area contributed by atoms with Crippen LogP contribution in [0.5, 0.6) is 5.75 Å². The van der Waals surface area contributed by atoms with E-state index < -0.39 is 40.5 Å². The summed E-state index contributed by atoms with van der Waals surface area (Å²) in [6.07, 6.45) is -0.128. The van der Waals surface area contributed by atoms with Gasteiger partial charge in [-0.1, -0.05) is 11.6 Å². The Balaban J connectivity index is 2.17. The quantitative estimate of drug-likeness (QED) is 0.660. The van der Waals surface area contributed by atoms with Crippen LogP contribution in [0.4, 0.5) is 29.3 Å². The molecular weight excluding hydrogens is 389 g/mol.